The summed E-state index contributed by atoms with van der Waals surface area (Å²) in [6.07, 6.45) is 2.80. The van der Waals surface area contributed by atoms with Crippen molar-refractivity contribution in [1.82, 2.24) is 0 Å². The maximum atomic E-state index is 9.94. The smallest absolute Gasteiger partial charge is 0.113 e. The average Bonchev–Trinajstić information content (AvgIpc) is 2.58. The van der Waals surface area contributed by atoms with Crippen LogP contribution in [0.15, 0.2) is 72.8 Å². The van der Waals surface area contributed by atoms with Crippen LogP contribution in [-0.4, -0.2) is 33.6 Å². The van der Waals surface area contributed by atoms with Crippen LogP contribution >= 0.6 is 0 Å². The summed E-state index contributed by atoms with van der Waals surface area (Å²) in [5.41, 5.74) is 1.84. The van der Waals surface area contributed by atoms with Gasteiger partial charge < -0.3 is 15.3 Å². The molecular weight excluding hydrogens is 276 g/mol. The first-order chi connectivity index (χ1) is 10.7. The molecule has 22 heavy (non-hydrogen) atoms. The molecule has 0 saturated heterocycles. The van der Waals surface area contributed by atoms with Gasteiger partial charge in [0.2, 0.25) is 0 Å². The molecule has 0 bridgehead atoms. The summed E-state index contributed by atoms with van der Waals surface area (Å²) in [7, 11) is 0. The van der Waals surface area contributed by atoms with E-state index < -0.39 is 18.3 Å². The van der Waals surface area contributed by atoms with Crippen LogP contribution in [0.4, 0.5) is 0 Å². The lowest BCUT2D eigenvalue weighted by atomic mass is 10.0. The summed E-state index contributed by atoms with van der Waals surface area (Å²) in [6, 6.07) is 18.9. The van der Waals surface area contributed by atoms with Crippen LogP contribution in [0.2, 0.25) is 0 Å². The molecule has 2 atom stereocenters. The SMILES string of the molecule is OC(C=Cc1ccccc1)C(O)C(O)C=Cc1ccccc1. The summed E-state index contributed by atoms with van der Waals surface area (Å²) in [6.45, 7) is 0. The van der Waals surface area contributed by atoms with Gasteiger partial charge >= 0.3 is 0 Å². The van der Waals surface area contributed by atoms with Gasteiger partial charge in [-0.1, -0.05) is 85.0 Å². The van der Waals surface area contributed by atoms with Crippen molar-refractivity contribution in [2.24, 2.45) is 0 Å². The van der Waals surface area contributed by atoms with Gasteiger partial charge in [0.15, 0.2) is 0 Å². The van der Waals surface area contributed by atoms with Crippen molar-refractivity contribution in [3.8, 4) is 0 Å². The van der Waals surface area contributed by atoms with Crippen LogP contribution in [0.25, 0.3) is 12.2 Å². The highest BCUT2D eigenvalue weighted by Crippen LogP contribution is 2.09. The second kappa shape index (κ2) is 8.29. The Labute approximate surface area is 130 Å². The zero-order valence-corrected chi connectivity index (χ0v) is 12.2. The normalized spacial score (nSPS) is 16.0. The molecule has 2 aromatic rings. The fourth-order valence-electron chi connectivity index (χ4n) is 1.98. The van der Waals surface area contributed by atoms with E-state index in [2.05, 4.69) is 0 Å². The monoisotopic (exact) mass is 296 g/mol. The lowest BCUT2D eigenvalue weighted by Crippen LogP contribution is -2.34. The maximum absolute atomic E-state index is 9.94. The van der Waals surface area contributed by atoms with Crippen molar-refractivity contribution in [2.75, 3.05) is 0 Å². The molecule has 0 amide bonds. The van der Waals surface area contributed by atoms with E-state index in [1.165, 1.54) is 12.2 Å². The van der Waals surface area contributed by atoms with Crippen LogP contribution in [0.5, 0.6) is 0 Å². The van der Waals surface area contributed by atoms with Crippen molar-refractivity contribution < 1.29 is 15.3 Å². The van der Waals surface area contributed by atoms with Crippen LogP contribution < -0.4 is 0 Å². The van der Waals surface area contributed by atoms with Gasteiger partial charge in [-0.05, 0) is 11.1 Å². The highest BCUT2D eigenvalue weighted by Gasteiger charge is 2.20. The fourth-order valence-corrected chi connectivity index (χ4v) is 1.98. The van der Waals surface area contributed by atoms with Gasteiger partial charge in [0.1, 0.15) is 18.3 Å². The molecule has 2 rings (SSSR count). The first-order valence-electron chi connectivity index (χ1n) is 7.17. The average molecular weight is 296 g/mol. The molecule has 0 fully saturated rings. The Morgan fingerprint density at radius 2 is 0.955 bits per heavy atom. The highest BCUT2D eigenvalue weighted by molar-refractivity contribution is 5.50. The third-order valence-electron chi connectivity index (χ3n) is 3.27. The summed E-state index contributed by atoms with van der Waals surface area (Å²) in [4.78, 5) is 0. The fraction of sp³-hybridized carbons (Fsp3) is 0.158. The molecule has 0 aromatic heterocycles. The second-order valence-corrected chi connectivity index (χ2v) is 5.01. The largest absolute Gasteiger partial charge is 0.387 e. The van der Waals surface area contributed by atoms with Crippen molar-refractivity contribution in [1.29, 1.82) is 0 Å². The number of hydrogen-bond donors (Lipinski definition) is 3. The number of rotatable bonds is 6. The van der Waals surface area contributed by atoms with Crippen molar-refractivity contribution >= 4 is 12.2 Å². The molecule has 114 valence electrons. The van der Waals surface area contributed by atoms with Gasteiger partial charge in [0.05, 0.1) is 0 Å². The van der Waals surface area contributed by atoms with Crippen LogP contribution in [0.3, 0.4) is 0 Å². The first kappa shape index (κ1) is 16.2. The van der Waals surface area contributed by atoms with E-state index in [1.807, 2.05) is 60.7 Å². The Morgan fingerprint density at radius 1 is 0.591 bits per heavy atom. The minimum atomic E-state index is -1.28. The summed E-state index contributed by atoms with van der Waals surface area (Å²) >= 11 is 0. The van der Waals surface area contributed by atoms with Gasteiger partial charge in [0.25, 0.3) is 0 Å². The van der Waals surface area contributed by atoms with E-state index in [-0.39, 0.29) is 0 Å². The number of aliphatic hydroxyl groups excluding tert-OH is 3. The zero-order chi connectivity index (χ0) is 15.8. The molecule has 2 unspecified atom stereocenters. The summed E-state index contributed by atoms with van der Waals surface area (Å²) in [5, 5.41) is 29.8. The highest BCUT2D eigenvalue weighted by atomic mass is 16.4. The summed E-state index contributed by atoms with van der Waals surface area (Å²) in [5.74, 6) is 0. The van der Waals surface area contributed by atoms with E-state index in [0.717, 1.165) is 11.1 Å². The predicted molar refractivity (Wildman–Crippen MR) is 89.0 cm³/mol. The Kier molecular flexibility index (Phi) is 6.10. The molecule has 0 radical (unpaired) electrons. The van der Waals surface area contributed by atoms with Gasteiger partial charge in [-0.2, -0.15) is 0 Å². The first-order valence-corrected chi connectivity index (χ1v) is 7.17. The third-order valence-corrected chi connectivity index (χ3v) is 3.27. The van der Waals surface area contributed by atoms with E-state index in [1.54, 1.807) is 12.2 Å². The van der Waals surface area contributed by atoms with Gasteiger partial charge in [0, 0.05) is 0 Å². The molecule has 0 spiro atoms. The molecule has 0 aliphatic rings. The molecule has 3 heteroatoms. The Bertz CT molecular complexity index is 550. The van der Waals surface area contributed by atoms with Crippen molar-refractivity contribution in [2.45, 2.75) is 18.3 Å². The van der Waals surface area contributed by atoms with E-state index >= 15 is 0 Å². The van der Waals surface area contributed by atoms with Crippen LogP contribution in [0.1, 0.15) is 11.1 Å². The topological polar surface area (TPSA) is 60.7 Å². The Hall–Kier alpha value is -2.20. The van der Waals surface area contributed by atoms with Crippen LogP contribution in [-0.2, 0) is 0 Å². The standard InChI is InChI=1S/C19H20O3/c20-17(13-11-15-7-3-1-4-8-15)19(22)18(21)14-12-16-9-5-2-6-10-16/h1-14,17-22H. The summed E-state index contributed by atoms with van der Waals surface area (Å²) < 4.78 is 0. The molecule has 0 heterocycles. The van der Waals surface area contributed by atoms with Gasteiger partial charge in [-0.3, -0.25) is 0 Å². The number of aliphatic hydroxyl groups is 3. The molecule has 2 aromatic carbocycles. The predicted octanol–water partition coefficient (Wildman–Crippen LogP) is 2.50. The molecule has 3 N–H and O–H groups in total. The third kappa shape index (κ3) is 4.97. The quantitative estimate of drug-likeness (QED) is 0.767. The second-order valence-electron chi connectivity index (χ2n) is 5.01. The van der Waals surface area contributed by atoms with Crippen LogP contribution in [0, 0.1) is 0 Å². The van der Waals surface area contributed by atoms with Gasteiger partial charge in [-0.15, -0.1) is 0 Å². The Morgan fingerprint density at radius 3 is 1.32 bits per heavy atom. The molecule has 0 saturated carbocycles. The molecule has 3 nitrogen and oxygen atoms in total. The molecule has 0 aliphatic carbocycles. The van der Waals surface area contributed by atoms with E-state index in [4.69, 9.17) is 0 Å². The van der Waals surface area contributed by atoms with E-state index in [9.17, 15) is 15.3 Å². The lowest BCUT2D eigenvalue weighted by molar-refractivity contribution is -0.0203. The number of benzene rings is 2. The van der Waals surface area contributed by atoms with Crippen molar-refractivity contribution in [3.05, 3.63) is 83.9 Å². The Balaban J connectivity index is 1.93. The maximum Gasteiger partial charge on any atom is 0.113 e. The van der Waals surface area contributed by atoms with Gasteiger partial charge in [-0.25, -0.2) is 0 Å². The lowest BCUT2D eigenvalue weighted by Gasteiger charge is -2.18. The number of hydrogen-bond acceptors (Lipinski definition) is 3. The minimum absolute atomic E-state index is 0.920. The van der Waals surface area contributed by atoms with E-state index in [0.29, 0.717) is 0 Å². The minimum Gasteiger partial charge on any atom is -0.387 e. The molecule has 0 aliphatic heterocycles. The van der Waals surface area contributed by atoms with Crippen molar-refractivity contribution in [3.63, 3.8) is 0 Å². The molecular formula is C19H20O3. The zero-order valence-electron chi connectivity index (χ0n) is 12.2.